The standard InChI is InChI=1S/C30H37BrN4O3/c1-19(2)21-7-10-24(11-8-21)35-27(22-13-15-34(16-14-22)29(37)38-30(4,5)6)25(18-32-35)28(36)33-23-9-12-26(31)20(3)17-23/h7-12,17-19,22H,13-16H2,1-6H3,(H,33,36). The van der Waals surface area contributed by atoms with Crippen LogP contribution in [0.5, 0.6) is 0 Å². The third-order valence-corrected chi connectivity index (χ3v) is 7.69. The number of nitrogens with one attached hydrogen (secondary N) is 1. The number of nitrogens with zero attached hydrogens (tertiary/aromatic N) is 3. The first-order chi connectivity index (χ1) is 17.9. The van der Waals surface area contributed by atoms with E-state index in [2.05, 4.69) is 64.5 Å². The van der Waals surface area contributed by atoms with Gasteiger partial charge < -0.3 is 15.0 Å². The van der Waals surface area contributed by atoms with Crippen LogP contribution in [0.1, 0.15) is 86.5 Å². The Hall–Kier alpha value is -3.13. The van der Waals surface area contributed by atoms with Crippen LogP contribution in [-0.2, 0) is 4.74 Å². The molecule has 0 bridgehead atoms. The number of ether oxygens (including phenoxy) is 1. The van der Waals surface area contributed by atoms with E-state index in [1.165, 1.54) is 5.56 Å². The van der Waals surface area contributed by atoms with Crippen LogP contribution in [0.2, 0.25) is 0 Å². The first kappa shape index (κ1) is 27.9. The van der Waals surface area contributed by atoms with Gasteiger partial charge in [0, 0.05) is 29.2 Å². The second-order valence-electron chi connectivity index (χ2n) is 11.3. The van der Waals surface area contributed by atoms with E-state index in [4.69, 9.17) is 4.74 Å². The van der Waals surface area contributed by atoms with Crippen LogP contribution in [0.3, 0.4) is 0 Å². The normalized spacial score (nSPS) is 14.6. The summed E-state index contributed by atoms with van der Waals surface area (Å²) in [5, 5.41) is 7.73. The molecule has 0 unspecified atom stereocenters. The maximum absolute atomic E-state index is 13.5. The summed E-state index contributed by atoms with van der Waals surface area (Å²) in [6.07, 6.45) is 2.80. The minimum absolute atomic E-state index is 0.0633. The Morgan fingerprint density at radius 2 is 1.74 bits per heavy atom. The van der Waals surface area contributed by atoms with Gasteiger partial charge in [0.2, 0.25) is 0 Å². The van der Waals surface area contributed by atoms with Crippen LogP contribution in [0.15, 0.2) is 53.1 Å². The van der Waals surface area contributed by atoms with Crippen molar-refractivity contribution >= 4 is 33.6 Å². The predicted molar refractivity (Wildman–Crippen MR) is 154 cm³/mol. The first-order valence-electron chi connectivity index (χ1n) is 13.2. The van der Waals surface area contributed by atoms with Gasteiger partial charge in [-0.25, -0.2) is 9.48 Å². The number of carbonyl (C=O) groups is 2. The maximum atomic E-state index is 13.5. The molecule has 1 aliphatic heterocycles. The number of anilines is 1. The summed E-state index contributed by atoms with van der Waals surface area (Å²) in [5.41, 5.74) is 4.82. The van der Waals surface area contributed by atoms with Gasteiger partial charge in [-0.3, -0.25) is 4.79 Å². The van der Waals surface area contributed by atoms with Crippen molar-refractivity contribution in [2.45, 2.75) is 71.8 Å². The zero-order chi connectivity index (χ0) is 27.6. The number of rotatable bonds is 5. The molecule has 38 heavy (non-hydrogen) atoms. The van der Waals surface area contributed by atoms with E-state index in [0.29, 0.717) is 37.4 Å². The number of aryl methyl sites for hydroxylation is 1. The smallest absolute Gasteiger partial charge is 0.410 e. The third kappa shape index (κ3) is 6.46. The summed E-state index contributed by atoms with van der Waals surface area (Å²) < 4.78 is 8.45. The van der Waals surface area contributed by atoms with E-state index in [0.717, 1.165) is 27.1 Å². The lowest BCUT2D eigenvalue weighted by Crippen LogP contribution is -2.41. The second kappa shape index (κ2) is 11.3. The molecule has 202 valence electrons. The van der Waals surface area contributed by atoms with Crippen LogP contribution in [0.25, 0.3) is 5.69 Å². The van der Waals surface area contributed by atoms with Crippen LogP contribution < -0.4 is 5.32 Å². The summed E-state index contributed by atoms with van der Waals surface area (Å²) in [5.74, 6) is 0.295. The molecule has 4 rings (SSSR count). The molecule has 2 aromatic carbocycles. The lowest BCUT2D eigenvalue weighted by atomic mass is 9.90. The van der Waals surface area contributed by atoms with Gasteiger partial charge in [0.05, 0.1) is 23.1 Å². The quantitative estimate of drug-likeness (QED) is 0.340. The van der Waals surface area contributed by atoms with Gasteiger partial charge in [-0.1, -0.05) is 41.9 Å². The van der Waals surface area contributed by atoms with E-state index in [1.807, 2.05) is 50.6 Å². The molecule has 3 aromatic rings. The molecular formula is C30H37BrN4O3. The number of halogens is 1. The number of hydrogen-bond acceptors (Lipinski definition) is 4. The Morgan fingerprint density at radius 1 is 1.08 bits per heavy atom. The average molecular weight is 582 g/mol. The molecular weight excluding hydrogens is 544 g/mol. The van der Waals surface area contributed by atoms with Crippen LogP contribution in [0.4, 0.5) is 10.5 Å². The highest BCUT2D eigenvalue weighted by Gasteiger charge is 2.32. The summed E-state index contributed by atoms with van der Waals surface area (Å²) in [7, 11) is 0. The number of likely N-dealkylation sites (tertiary alicyclic amines) is 1. The summed E-state index contributed by atoms with van der Waals surface area (Å²) in [6.45, 7) is 13.1. The van der Waals surface area contributed by atoms with Crippen molar-refractivity contribution in [3.63, 3.8) is 0 Å². The van der Waals surface area contributed by atoms with Crippen molar-refractivity contribution in [2.75, 3.05) is 18.4 Å². The van der Waals surface area contributed by atoms with Gasteiger partial charge in [0.1, 0.15) is 5.60 Å². The summed E-state index contributed by atoms with van der Waals surface area (Å²) >= 11 is 3.52. The number of benzene rings is 2. The Kier molecular flexibility index (Phi) is 8.31. The minimum Gasteiger partial charge on any atom is -0.444 e. The van der Waals surface area contributed by atoms with Gasteiger partial charge in [-0.2, -0.15) is 5.10 Å². The Morgan fingerprint density at radius 3 is 2.32 bits per heavy atom. The van der Waals surface area contributed by atoms with E-state index in [-0.39, 0.29) is 17.9 Å². The molecule has 0 saturated carbocycles. The van der Waals surface area contributed by atoms with Crippen LogP contribution >= 0.6 is 15.9 Å². The van der Waals surface area contributed by atoms with Crippen molar-refractivity contribution in [3.8, 4) is 5.69 Å². The predicted octanol–water partition coefficient (Wildman–Crippen LogP) is 7.43. The van der Waals surface area contributed by atoms with Crippen LogP contribution in [0, 0.1) is 6.92 Å². The molecule has 1 fully saturated rings. The second-order valence-corrected chi connectivity index (χ2v) is 12.1. The van der Waals surface area contributed by atoms with Gasteiger partial charge in [0.25, 0.3) is 5.91 Å². The molecule has 7 nitrogen and oxygen atoms in total. The van der Waals surface area contributed by atoms with Crippen molar-refractivity contribution in [3.05, 3.63) is 75.5 Å². The average Bonchev–Trinajstić information content (AvgIpc) is 3.31. The fraction of sp³-hybridized carbons (Fsp3) is 0.433. The number of carbonyl (C=O) groups excluding carboxylic acids is 2. The van der Waals surface area contributed by atoms with E-state index < -0.39 is 5.60 Å². The third-order valence-electron chi connectivity index (χ3n) is 6.80. The summed E-state index contributed by atoms with van der Waals surface area (Å²) in [4.78, 5) is 27.9. The Balaban J connectivity index is 1.63. The summed E-state index contributed by atoms with van der Waals surface area (Å²) in [6, 6.07) is 14.1. The van der Waals surface area contributed by atoms with E-state index in [9.17, 15) is 9.59 Å². The largest absolute Gasteiger partial charge is 0.444 e. The van der Waals surface area contributed by atoms with Gasteiger partial charge in [0.15, 0.2) is 0 Å². The highest BCUT2D eigenvalue weighted by atomic mass is 79.9. The molecule has 2 heterocycles. The molecule has 8 heteroatoms. The van der Waals surface area contributed by atoms with Gasteiger partial charge >= 0.3 is 6.09 Å². The molecule has 0 aliphatic carbocycles. The molecule has 2 amide bonds. The molecule has 0 atom stereocenters. The lowest BCUT2D eigenvalue weighted by molar-refractivity contribution is 0.0203. The molecule has 1 N–H and O–H groups in total. The van der Waals surface area contributed by atoms with Crippen molar-refractivity contribution in [1.82, 2.24) is 14.7 Å². The van der Waals surface area contributed by atoms with Crippen molar-refractivity contribution in [2.24, 2.45) is 0 Å². The van der Waals surface area contributed by atoms with Crippen LogP contribution in [-0.4, -0.2) is 45.4 Å². The number of piperidine rings is 1. The molecule has 0 radical (unpaired) electrons. The number of aromatic nitrogens is 2. The fourth-order valence-corrected chi connectivity index (χ4v) is 4.96. The van der Waals surface area contributed by atoms with Gasteiger partial charge in [-0.05, 0) is 87.9 Å². The zero-order valence-electron chi connectivity index (χ0n) is 23.0. The number of amides is 2. The number of hydrogen-bond donors (Lipinski definition) is 1. The fourth-order valence-electron chi connectivity index (χ4n) is 4.71. The van der Waals surface area contributed by atoms with E-state index >= 15 is 0 Å². The topological polar surface area (TPSA) is 76.5 Å². The molecule has 1 saturated heterocycles. The monoisotopic (exact) mass is 580 g/mol. The van der Waals surface area contributed by atoms with Crippen molar-refractivity contribution < 1.29 is 14.3 Å². The first-order valence-corrected chi connectivity index (χ1v) is 14.0. The maximum Gasteiger partial charge on any atom is 0.410 e. The molecule has 1 aliphatic rings. The zero-order valence-corrected chi connectivity index (χ0v) is 24.6. The van der Waals surface area contributed by atoms with E-state index in [1.54, 1.807) is 11.1 Å². The van der Waals surface area contributed by atoms with Crippen molar-refractivity contribution in [1.29, 1.82) is 0 Å². The Bertz CT molecular complexity index is 1300. The highest BCUT2D eigenvalue weighted by molar-refractivity contribution is 9.10. The van der Waals surface area contributed by atoms with Gasteiger partial charge in [-0.15, -0.1) is 0 Å². The molecule has 1 aromatic heterocycles. The Labute approximate surface area is 233 Å². The molecule has 0 spiro atoms. The minimum atomic E-state index is -0.536. The lowest BCUT2D eigenvalue weighted by Gasteiger charge is -2.34. The highest BCUT2D eigenvalue weighted by Crippen LogP contribution is 2.33. The SMILES string of the molecule is Cc1cc(NC(=O)c2cnn(-c3ccc(C(C)C)cc3)c2C2CCN(C(=O)OC(C)(C)C)CC2)ccc1Br.